The van der Waals surface area contributed by atoms with Gasteiger partial charge in [0.05, 0.1) is 22.2 Å². The standard InChI is InChI=1S/C24H25ClN4O5S/c1-33-19-10-7-15(27-28-19)17-8-9-18(35-17)23(31)26-20(13-5-3-2-4-6-13)24(32)29-11-14(25)22-21(29)16(30)12-34-22/h7-10,14,21-22H,2-6,11-12H2,1H3,(H,26,31)/t14-,21+,22+/m0/s1. The van der Waals surface area contributed by atoms with Crippen LogP contribution in [0.1, 0.15) is 41.8 Å². The summed E-state index contributed by atoms with van der Waals surface area (Å²) in [6.45, 7) is 0.153. The number of allylic oxidation sites excluding steroid dienone is 1. The highest BCUT2D eigenvalue weighted by molar-refractivity contribution is 7.17. The Hall–Kier alpha value is -2.82. The molecule has 3 fully saturated rings. The summed E-state index contributed by atoms with van der Waals surface area (Å²) in [6.07, 6.45) is 3.94. The van der Waals surface area contributed by atoms with Crippen LogP contribution in [0, 0.1) is 0 Å². The van der Waals surface area contributed by atoms with Crippen molar-refractivity contribution in [3.05, 3.63) is 40.4 Å². The van der Waals surface area contributed by atoms with Gasteiger partial charge >= 0.3 is 0 Å². The van der Waals surface area contributed by atoms with Gasteiger partial charge in [-0.3, -0.25) is 14.4 Å². The predicted octanol–water partition coefficient (Wildman–Crippen LogP) is 2.95. The van der Waals surface area contributed by atoms with Crippen LogP contribution in [0.15, 0.2) is 35.5 Å². The third-order valence-corrected chi connectivity index (χ3v) is 8.07. The van der Waals surface area contributed by atoms with Gasteiger partial charge in [0.1, 0.15) is 30.1 Å². The fourth-order valence-corrected chi connectivity index (χ4v) is 6.03. The van der Waals surface area contributed by atoms with Crippen molar-refractivity contribution in [2.75, 3.05) is 20.3 Å². The molecule has 0 unspecified atom stereocenters. The van der Waals surface area contributed by atoms with E-state index in [1.165, 1.54) is 23.3 Å². The van der Waals surface area contributed by atoms with Crippen molar-refractivity contribution < 1.29 is 23.9 Å². The number of nitrogens with one attached hydrogen (secondary N) is 1. The summed E-state index contributed by atoms with van der Waals surface area (Å²) in [4.78, 5) is 42.1. The third kappa shape index (κ3) is 4.70. The summed E-state index contributed by atoms with van der Waals surface area (Å²) < 4.78 is 10.6. The van der Waals surface area contributed by atoms with Gasteiger partial charge in [0.2, 0.25) is 5.88 Å². The Morgan fingerprint density at radius 2 is 1.97 bits per heavy atom. The molecule has 1 N–H and O–H groups in total. The molecule has 4 heterocycles. The number of likely N-dealkylation sites (tertiary alicyclic amines) is 1. The lowest BCUT2D eigenvalue weighted by molar-refractivity contribution is -0.133. The van der Waals surface area contributed by atoms with Gasteiger partial charge in [-0.05, 0) is 49.5 Å². The topological polar surface area (TPSA) is 111 Å². The van der Waals surface area contributed by atoms with Crippen LogP contribution in [0.5, 0.6) is 5.88 Å². The molecule has 2 saturated heterocycles. The molecule has 9 nitrogen and oxygen atoms in total. The number of hydrogen-bond acceptors (Lipinski definition) is 8. The Bertz CT molecular complexity index is 1170. The van der Waals surface area contributed by atoms with Crippen molar-refractivity contribution in [1.29, 1.82) is 0 Å². The number of aromatic nitrogens is 2. The van der Waals surface area contributed by atoms with Gasteiger partial charge in [-0.2, -0.15) is 0 Å². The molecule has 35 heavy (non-hydrogen) atoms. The molecular formula is C24H25ClN4O5S. The fraction of sp³-hybridized carbons (Fsp3) is 0.458. The van der Waals surface area contributed by atoms with Crippen molar-refractivity contribution in [1.82, 2.24) is 20.4 Å². The number of nitrogens with zero attached hydrogens (tertiary/aromatic N) is 3. The molecule has 2 aromatic heterocycles. The number of halogens is 1. The molecule has 2 amide bonds. The maximum absolute atomic E-state index is 13.7. The number of carbonyl (C=O) groups excluding carboxylic acids is 3. The van der Waals surface area contributed by atoms with Gasteiger partial charge in [-0.1, -0.05) is 6.42 Å². The number of hydrogen-bond donors (Lipinski definition) is 1. The van der Waals surface area contributed by atoms with E-state index >= 15 is 0 Å². The number of ether oxygens (including phenoxy) is 2. The minimum Gasteiger partial charge on any atom is -0.480 e. The summed E-state index contributed by atoms with van der Waals surface area (Å²) in [6, 6.07) is 6.26. The van der Waals surface area contributed by atoms with E-state index in [0.29, 0.717) is 16.5 Å². The number of alkyl halides is 1. The number of Topliss-reactive ketones (excluding diaryl/α,β-unsaturated/α-hetero) is 1. The van der Waals surface area contributed by atoms with Crippen molar-refractivity contribution in [2.45, 2.75) is 49.6 Å². The highest BCUT2D eigenvalue weighted by Gasteiger charge is 2.52. The van der Waals surface area contributed by atoms with Crippen LogP contribution in [0.3, 0.4) is 0 Å². The molecule has 0 spiro atoms. The summed E-state index contributed by atoms with van der Waals surface area (Å²) >= 11 is 7.66. The SMILES string of the molecule is COc1ccc(-c2ccc(C(=O)NC(C(=O)N3C[C@H](Cl)[C@H]4OCC(=O)[C@H]43)=C3CCCCC3)s2)nn1. The predicted molar refractivity (Wildman–Crippen MR) is 129 cm³/mol. The van der Waals surface area contributed by atoms with E-state index in [-0.39, 0.29) is 36.4 Å². The van der Waals surface area contributed by atoms with Gasteiger partial charge in [-0.25, -0.2) is 0 Å². The number of thiophene rings is 1. The van der Waals surface area contributed by atoms with Gasteiger partial charge < -0.3 is 19.7 Å². The molecule has 184 valence electrons. The first-order valence-electron chi connectivity index (χ1n) is 11.6. The molecule has 0 aromatic carbocycles. The largest absolute Gasteiger partial charge is 0.480 e. The fourth-order valence-electron chi connectivity index (χ4n) is 4.80. The monoisotopic (exact) mass is 516 g/mol. The molecule has 2 aromatic rings. The Kier molecular flexibility index (Phi) is 6.86. The minimum absolute atomic E-state index is 0.0488. The first-order valence-corrected chi connectivity index (χ1v) is 12.8. The number of amides is 2. The maximum Gasteiger partial charge on any atom is 0.271 e. The molecule has 11 heteroatoms. The molecule has 5 rings (SSSR count). The van der Waals surface area contributed by atoms with Crippen LogP contribution < -0.4 is 10.1 Å². The first kappa shape index (κ1) is 23.9. The van der Waals surface area contributed by atoms with Crippen molar-refractivity contribution in [3.63, 3.8) is 0 Å². The average Bonchev–Trinajstić information content (AvgIpc) is 3.61. The van der Waals surface area contributed by atoms with Gasteiger partial charge in [0, 0.05) is 12.6 Å². The van der Waals surface area contributed by atoms with E-state index in [1.807, 2.05) is 0 Å². The lowest BCUT2D eigenvalue weighted by atomic mass is 9.92. The Balaban J connectivity index is 1.39. The number of fused-ring (bicyclic) bond motifs is 1. The summed E-state index contributed by atoms with van der Waals surface area (Å²) in [5.74, 6) is -0.504. The number of methoxy groups -OCH3 is 1. The lowest BCUT2D eigenvalue weighted by Gasteiger charge is -2.26. The van der Waals surface area contributed by atoms with Crippen LogP contribution in [0.4, 0.5) is 0 Å². The Morgan fingerprint density at radius 1 is 1.17 bits per heavy atom. The summed E-state index contributed by atoms with van der Waals surface area (Å²) in [7, 11) is 1.52. The van der Waals surface area contributed by atoms with Gasteiger partial charge in [0.25, 0.3) is 11.8 Å². The van der Waals surface area contributed by atoms with E-state index in [0.717, 1.165) is 42.6 Å². The van der Waals surface area contributed by atoms with Crippen LogP contribution in [-0.4, -0.2) is 70.5 Å². The van der Waals surface area contributed by atoms with Crippen LogP contribution in [0.25, 0.3) is 10.6 Å². The van der Waals surface area contributed by atoms with Crippen LogP contribution in [-0.2, 0) is 14.3 Å². The molecule has 3 atom stereocenters. The Morgan fingerprint density at radius 3 is 2.69 bits per heavy atom. The highest BCUT2D eigenvalue weighted by atomic mass is 35.5. The zero-order valence-corrected chi connectivity index (χ0v) is 20.7. The highest BCUT2D eigenvalue weighted by Crippen LogP contribution is 2.34. The van der Waals surface area contributed by atoms with E-state index in [2.05, 4.69) is 15.5 Å². The minimum atomic E-state index is -0.705. The molecule has 3 aliphatic rings. The quantitative estimate of drug-likeness (QED) is 0.480. The van der Waals surface area contributed by atoms with Gasteiger partial charge in [-0.15, -0.1) is 33.1 Å². The van der Waals surface area contributed by atoms with E-state index in [9.17, 15) is 14.4 Å². The van der Waals surface area contributed by atoms with Crippen molar-refractivity contribution in [3.8, 4) is 16.5 Å². The second-order valence-electron chi connectivity index (χ2n) is 8.78. The molecule has 2 aliphatic heterocycles. The molecule has 1 aliphatic carbocycles. The van der Waals surface area contributed by atoms with Crippen LogP contribution >= 0.6 is 22.9 Å². The molecule has 0 bridgehead atoms. The number of carbonyl (C=O) groups is 3. The zero-order chi connectivity index (χ0) is 24.5. The summed E-state index contributed by atoms with van der Waals surface area (Å²) in [5, 5.41) is 10.5. The van der Waals surface area contributed by atoms with Crippen molar-refractivity contribution in [2.24, 2.45) is 0 Å². The van der Waals surface area contributed by atoms with E-state index in [4.69, 9.17) is 21.1 Å². The first-order chi connectivity index (χ1) is 17.0. The molecule has 0 radical (unpaired) electrons. The number of ketones is 1. The zero-order valence-electron chi connectivity index (χ0n) is 19.2. The smallest absolute Gasteiger partial charge is 0.271 e. The second kappa shape index (κ2) is 10.0. The lowest BCUT2D eigenvalue weighted by Crippen LogP contribution is -2.45. The second-order valence-corrected chi connectivity index (χ2v) is 10.4. The Labute approximate surface area is 211 Å². The average molecular weight is 517 g/mol. The summed E-state index contributed by atoms with van der Waals surface area (Å²) in [5.41, 5.74) is 1.79. The van der Waals surface area contributed by atoms with E-state index < -0.39 is 17.5 Å². The molecule has 1 saturated carbocycles. The van der Waals surface area contributed by atoms with E-state index in [1.54, 1.807) is 24.3 Å². The van der Waals surface area contributed by atoms with Gasteiger partial charge in [0.15, 0.2) is 5.78 Å². The number of rotatable bonds is 5. The van der Waals surface area contributed by atoms with Crippen molar-refractivity contribution >= 4 is 40.5 Å². The third-order valence-electron chi connectivity index (χ3n) is 6.58. The maximum atomic E-state index is 13.7. The molecular weight excluding hydrogens is 492 g/mol. The normalized spacial score (nSPS) is 23.8. The van der Waals surface area contributed by atoms with Crippen LogP contribution in [0.2, 0.25) is 0 Å².